The van der Waals surface area contributed by atoms with Gasteiger partial charge in [-0.25, -0.2) is 4.57 Å². The highest BCUT2D eigenvalue weighted by atomic mass is 32.2. The van der Waals surface area contributed by atoms with Crippen LogP contribution in [0.4, 0.5) is 0 Å². The van der Waals surface area contributed by atoms with E-state index in [1.165, 1.54) is 20.8 Å². The van der Waals surface area contributed by atoms with E-state index in [4.69, 9.17) is 26.2 Å². The van der Waals surface area contributed by atoms with Gasteiger partial charge in [-0.05, 0) is 6.92 Å². The summed E-state index contributed by atoms with van der Waals surface area (Å²) in [6.45, 7) is 3.54. The first-order chi connectivity index (χ1) is 12.5. The second-order valence-corrected chi connectivity index (χ2v) is 10.1. The molecule has 1 heterocycles. The van der Waals surface area contributed by atoms with Crippen LogP contribution in [0, 0.1) is 0 Å². The molecule has 2 N–H and O–H groups in total. The lowest BCUT2D eigenvalue weighted by Gasteiger charge is -2.25. The van der Waals surface area contributed by atoms with Gasteiger partial charge < -0.3 is 14.9 Å². The summed E-state index contributed by atoms with van der Waals surface area (Å²) < 4.78 is 33.5. The predicted molar refractivity (Wildman–Crippen MR) is 103 cm³/mol. The molecule has 27 heavy (non-hydrogen) atoms. The lowest BCUT2D eigenvalue weighted by Crippen LogP contribution is -2.46. The van der Waals surface area contributed by atoms with E-state index in [1.807, 2.05) is 0 Å². The molecule has 0 aromatic rings. The highest BCUT2D eigenvalue weighted by Gasteiger charge is 2.50. The van der Waals surface area contributed by atoms with Crippen molar-refractivity contribution in [2.75, 3.05) is 31.3 Å². The number of phosphoric ester groups is 1. The van der Waals surface area contributed by atoms with E-state index < -0.39 is 38.2 Å². The minimum Gasteiger partial charge on any atom is -0.387 e. The van der Waals surface area contributed by atoms with E-state index in [0.29, 0.717) is 0 Å². The second-order valence-electron chi connectivity index (χ2n) is 5.86. The number of carbonyl (C=O) groups is 2. The Hall–Kier alpha value is 0.0949. The number of carbonyl (C=O) groups excluding carboxylic acids is 2. The molecule has 1 rings (SSSR count). The third-order valence-corrected chi connectivity index (χ3v) is 6.54. The standard InChI is InChI=1S/C14H24BO9PS2/c1-9(16)26-6-4-21-25(20,22-5-7-27-10(2)17)23-8-11-12(18)14(3,19)13(15)24-11/h11-13,18-19H,4-8H2,1-3H3/t11-,12-,13-,14-/m1/s1. The quantitative estimate of drug-likeness (QED) is 0.267. The monoisotopic (exact) mass is 442 g/mol. The first kappa shape index (κ1) is 25.1. The number of hydrogen-bond acceptors (Lipinski definition) is 11. The maximum Gasteiger partial charge on any atom is 0.474 e. The van der Waals surface area contributed by atoms with Gasteiger partial charge in [0.15, 0.2) is 10.2 Å². The number of rotatable bonds is 11. The van der Waals surface area contributed by atoms with Crippen molar-refractivity contribution in [1.82, 2.24) is 0 Å². The molecule has 1 aliphatic heterocycles. The zero-order valence-corrected chi connectivity index (χ0v) is 17.9. The maximum absolute atomic E-state index is 12.7. The lowest BCUT2D eigenvalue weighted by molar-refractivity contribution is -0.109. The third-order valence-electron chi connectivity index (χ3n) is 3.52. The summed E-state index contributed by atoms with van der Waals surface area (Å²) in [5.74, 6) is 0.493. The smallest absolute Gasteiger partial charge is 0.387 e. The fraction of sp³-hybridized carbons (Fsp3) is 0.857. The van der Waals surface area contributed by atoms with Crippen LogP contribution in [0.25, 0.3) is 0 Å². The van der Waals surface area contributed by atoms with Gasteiger partial charge in [0, 0.05) is 31.4 Å². The summed E-state index contributed by atoms with van der Waals surface area (Å²) in [6.07, 6.45) is -2.39. The molecule has 4 atom stereocenters. The van der Waals surface area contributed by atoms with Gasteiger partial charge in [0.05, 0.1) is 19.8 Å². The third kappa shape index (κ3) is 8.55. The molecule has 0 aliphatic carbocycles. The van der Waals surface area contributed by atoms with Gasteiger partial charge in [0.2, 0.25) is 0 Å². The van der Waals surface area contributed by atoms with Crippen molar-refractivity contribution < 1.29 is 42.7 Å². The number of thioether (sulfide) groups is 2. The van der Waals surface area contributed by atoms with E-state index >= 15 is 0 Å². The van der Waals surface area contributed by atoms with Crippen molar-refractivity contribution in [3.8, 4) is 0 Å². The van der Waals surface area contributed by atoms with Gasteiger partial charge in [-0.3, -0.25) is 23.2 Å². The first-order valence-electron chi connectivity index (χ1n) is 8.10. The number of ether oxygens (including phenoxy) is 1. The average molecular weight is 442 g/mol. The van der Waals surface area contributed by atoms with Crippen LogP contribution in [-0.4, -0.2) is 83.4 Å². The average Bonchev–Trinajstić information content (AvgIpc) is 2.76. The maximum atomic E-state index is 12.7. The van der Waals surface area contributed by atoms with E-state index in [2.05, 4.69) is 0 Å². The molecule has 0 spiro atoms. The molecule has 0 unspecified atom stereocenters. The molecule has 2 radical (unpaired) electrons. The van der Waals surface area contributed by atoms with Crippen LogP contribution in [-0.2, 0) is 32.5 Å². The molecule has 0 aromatic carbocycles. The van der Waals surface area contributed by atoms with Crippen molar-refractivity contribution in [1.29, 1.82) is 0 Å². The zero-order chi connectivity index (χ0) is 20.7. The fourth-order valence-electron chi connectivity index (χ4n) is 2.02. The summed E-state index contributed by atoms with van der Waals surface area (Å²) in [5.41, 5.74) is -1.68. The van der Waals surface area contributed by atoms with Gasteiger partial charge >= 0.3 is 7.82 Å². The Morgan fingerprint density at radius 3 is 2.00 bits per heavy atom. The summed E-state index contributed by atoms with van der Waals surface area (Å²) in [7, 11) is 1.55. The normalized spacial score (nSPS) is 28.4. The Kier molecular flexibility index (Phi) is 10.5. The largest absolute Gasteiger partial charge is 0.474 e. The van der Waals surface area contributed by atoms with Crippen molar-refractivity contribution in [2.45, 2.75) is 44.6 Å². The van der Waals surface area contributed by atoms with Crippen LogP contribution in [0.15, 0.2) is 0 Å². The Morgan fingerprint density at radius 1 is 1.15 bits per heavy atom. The Balaban J connectivity index is 2.60. The molecular formula is C14H24BO9PS2. The van der Waals surface area contributed by atoms with Gasteiger partial charge in [-0.15, -0.1) is 0 Å². The van der Waals surface area contributed by atoms with E-state index in [-0.39, 0.29) is 35.0 Å². The lowest BCUT2D eigenvalue weighted by atomic mass is 9.82. The number of aliphatic hydroxyl groups is 2. The van der Waals surface area contributed by atoms with Gasteiger partial charge in [0.25, 0.3) is 0 Å². The van der Waals surface area contributed by atoms with Crippen molar-refractivity contribution >= 4 is 49.4 Å². The van der Waals surface area contributed by atoms with Crippen molar-refractivity contribution in [3.05, 3.63) is 0 Å². The molecule has 1 aliphatic rings. The van der Waals surface area contributed by atoms with Gasteiger partial charge in [0.1, 0.15) is 25.7 Å². The van der Waals surface area contributed by atoms with Gasteiger partial charge in [-0.2, -0.15) is 0 Å². The minimum absolute atomic E-state index is 0.0767. The number of phosphoric acid groups is 1. The molecule has 0 aromatic heterocycles. The summed E-state index contributed by atoms with van der Waals surface area (Å²) in [5, 5.41) is 19.8. The molecule has 154 valence electrons. The Morgan fingerprint density at radius 2 is 1.63 bits per heavy atom. The molecule has 0 amide bonds. The molecule has 9 nitrogen and oxygen atoms in total. The zero-order valence-electron chi connectivity index (χ0n) is 15.4. The predicted octanol–water partition coefficient (Wildman–Crippen LogP) is 0.709. The minimum atomic E-state index is -4.04. The molecule has 0 saturated carbocycles. The molecule has 13 heteroatoms. The summed E-state index contributed by atoms with van der Waals surface area (Å²) in [6, 6.07) is -1.14. The SMILES string of the molecule is [B][C@@H]1O[C@H](COP(=O)(OCCSC(C)=O)OCCSC(C)=O)[C@@H](O)[C@@]1(C)O. The molecule has 1 saturated heterocycles. The van der Waals surface area contributed by atoms with Crippen molar-refractivity contribution in [2.24, 2.45) is 0 Å². The van der Waals surface area contributed by atoms with Crippen LogP contribution in [0.2, 0.25) is 0 Å². The highest BCUT2D eigenvalue weighted by molar-refractivity contribution is 8.13. The number of aliphatic hydroxyl groups excluding tert-OH is 1. The van der Waals surface area contributed by atoms with Crippen LogP contribution in [0.3, 0.4) is 0 Å². The van der Waals surface area contributed by atoms with E-state index in [9.17, 15) is 24.4 Å². The molecule has 1 fully saturated rings. The van der Waals surface area contributed by atoms with Crippen molar-refractivity contribution in [3.63, 3.8) is 0 Å². The van der Waals surface area contributed by atoms with Crippen LogP contribution in [0.1, 0.15) is 20.8 Å². The molecular weight excluding hydrogens is 418 g/mol. The number of hydrogen-bond donors (Lipinski definition) is 2. The van der Waals surface area contributed by atoms with E-state index in [0.717, 1.165) is 23.5 Å². The second kappa shape index (κ2) is 11.3. The summed E-state index contributed by atoms with van der Waals surface area (Å²) >= 11 is 1.98. The fourth-order valence-corrected chi connectivity index (χ4v) is 4.36. The molecule has 0 bridgehead atoms. The Labute approximate surface area is 168 Å². The van der Waals surface area contributed by atoms with E-state index in [1.54, 1.807) is 0 Å². The highest BCUT2D eigenvalue weighted by Crippen LogP contribution is 2.50. The van der Waals surface area contributed by atoms with Crippen LogP contribution in [0.5, 0.6) is 0 Å². The summed E-state index contributed by atoms with van der Waals surface area (Å²) in [4.78, 5) is 21.9. The Bertz CT molecular complexity index is 537. The van der Waals surface area contributed by atoms with Gasteiger partial charge in [-0.1, -0.05) is 23.5 Å². The first-order valence-corrected chi connectivity index (χ1v) is 11.5. The topological polar surface area (TPSA) is 129 Å². The van der Waals surface area contributed by atoms with Crippen LogP contribution < -0.4 is 0 Å². The van der Waals surface area contributed by atoms with Crippen LogP contribution >= 0.6 is 31.3 Å².